The topological polar surface area (TPSA) is 55.0 Å². The van der Waals surface area contributed by atoms with E-state index in [4.69, 9.17) is 18.0 Å². The molecule has 1 aromatic rings. The molecule has 16 heavy (non-hydrogen) atoms. The van der Waals surface area contributed by atoms with E-state index in [0.29, 0.717) is 5.69 Å². The number of anilines is 1. The number of nitrogens with zero attached hydrogens (tertiary/aromatic N) is 3. The SMILES string of the molecule is CN(CC(C)(C)C)c1nccnc1C(N)=S. The predicted molar refractivity (Wildman–Crippen MR) is 70.6 cm³/mol. The first kappa shape index (κ1) is 12.8. The third-order valence-electron chi connectivity index (χ3n) is 1.99. The first-order valence-electron chi connectivity index (χ1n) is 5.13. The van der Waals surface area contributed by atoms with Gasteiger partial charge < -0.3 is 10.6 Å². The molecule has 0 bridgehead atoms. The summed E-state index contributed by atoms with van der Waals surface area (Å²) in [5.41, 5.74) is 6.39. The van der Waals surface area contributed by atoms with E-state index < -0.39 is 0 Å². The van der Waals surface area contributed by atoms with Gasteiger partial charge in [0.15, 0.2) is 5.82 Å². The number of hydrogen-bond acceptors (Lipinski definition) is 4. The average molecular weight is 238 g/mol. The molecule has 88 valence electrons. The van der Waals surface area contributed by atoms with E-state index in [-0.39, 0.29) is 10.4 Å². The fourth-order valence-electron chi connectivity index (χ4n) is 1.57. The van der Waals surface area contributed by atoms with Crippen molar-refractivity contribution in [2.24, 2.45) is 11.1 Å². The van der Waals surface area contributed by atoms with Gasteiger partial charge in [0, 0.05) is 26.0 Å². The molecule has 0 fully saturated rings. The molecule has 0 atom stereocenters. The maximum atomic E-state index is 5.62. The van der Waals surface area contributed by atoms with Gasteiger partial charge >= 0.3 is 0 Å². The van der Waals surface area contributed by atoms with Crippen molar-refractivity contribution < 1.29 is 0 Å². The minimum absolute atomic E-state index is 0.180. The van der Waals surface area contributed by atoms with Crippen LogP contribution in [0.15, 0.2) is 12.4 Å². The van der Waals surface area contributed by atoms with Gasteiger partial charge in [0.1, 0.15) is 10.7 Å². The summed E-state index contributed by atoms with van der Waals surface area (Å²) in [7, 11) is 1.97. The molecule has 0 saturated heterocycles. The monoisotopic (exact) mass is 238 g/mol. The first-order valence-corrected chi connectivity index (χ1v) is 5.54. The second kappa shape index (κ2) is 4.74. The minimum atomic E-state index is 0.180. The molecule has 5 heteroatoms. The molecule has 0 radical (unpaired) electrons. The lowest BCUT2D eigenvalue weighted by atomic mass is 9.96. The molecule has 1 heterocycles. The van der Waals surface area contributed by atoms with Crippen molar-refractivity contribution in [2.45, 2.75) is 20.8 Å². The van der Waals surface area contributed by atoms with Crippen LogP contribution in [0.3, 0.4) is 0 Å². The molecule has 0 amide bonds. The van der Waals surface area contributed by atoms with Crippen LogP contribution in [0.4, 0.5) is 5.82 Å². The first-order chi connectivity index (χ1) is 7.31. The Balaban J connectivity index is 2.99. The van der Waals surface area contributed by atoms with Gasteiger partial charge in [0.05, 0.1) is 0 Å². The van der Waals surface area contributed by atoms with E-state index >= 15 is 0 Å². The summed E-state index contributed by atoms with van der Waals surface area (Å²) >= 11 is 4.96. The van der Waals surface area contributed by atoms with E-state index in [0.717, 1.165) is 12.4 Å². The fourth-order valence-corrected chi connectivity index (χ4v) is 1.71. The Morgan fingerprint density at radius 2 is 1.94 bits per heavy atom. The number of rotatable bonds is 3. The van der Waals surface area contributed by atoms with Gasteiger partial charge in [-0.05, 0) is 5.41 Å². The summed E-state index contributed by atoms with van der Waals surface area (Å²) in [5, 5.41) is 0. The molecule has 0 spiro atoms. The maximum absolute atomic E-state index is 5.62. The molecule has 1 rings (SSSR count). The van der Waals surface area contributed by atoms with E-state index in [1.54, 1.807) is 12.4 Å². The highest BCUT2D eigenvalue weighted by atomic mass is 32.1. The van der Waals surface area contributed by atoms with Crippen LogP contribution in [0.25, 0.3) is 0 Å². The number of hydrogen-bond donors (Lipinski definition) is 1. The number of thiocarbonyl (C=S) groups is 1. The van der Waals surface area contributed by atoms with Crippen molar-refractivity contribution in [3.05, 3.63) is 18.1 Å². The molecule has 0 aromatic carbocycles. The zero-order valence-electron chi connectivity index (χ0n) is 10.2. The van der Waals surface area contributed by atoms with Gasteiger partial charge in [0.2, 0.25) is 0 Å². The van der Waals surface area contributed by atoms with Crippen LogP contribution in [0, 0.1) is 5.41 Å². The Labute approximate surface area is 102 Å². The third kappa shape index (κ3) is 3.41. The highest BCUT2D eigenvalue weighted by Crippen LogP contribution is 2.20. The van der Waals surface area contributed by atoms with E-state index in [1.165, 1.54) is 0 Å². The summed E-state index contributed by atoms with van der Waals surface area (Å²) < 4.78 is 0. The Morgan fingerprint density at radius 1 is 1.38 bits per heavy atom. The maximum Gasteiger partial charge on any atom is 0.157 e. The molecule has 0 aliphatic rings. The normalized spacial score (nSPS) is 11.2. The van der Waals surface area contributed by atoms with Crippen molar-refractivity contribution in [1.82, 2.24) is 9.97 Å². The molecule has 0 aliphatic carbocycles. The molecule has 4 nitrogen and oxygen atoms in total. The number of nitrogens with two attached hydrogens (primary N) is 1. The van der Waals surface area contributed by atoms with Crippen LogP contribution in [-0.4, -0.2) is 28.5 Å². The lowest BCUT2D eigenvalue weighted by Crippen LogP contribution is -2.32. The zero-order valence-corrected chi connectivity index (χ0v) is 11.0. The summed E-state index contributed by atoms with van der Waals surface area (Å²) in [5.74, 6) is 0.741. The van der Waals surface area contributed by atoms with Gasteiger partial charge in [-0.1, -0.05) is 33.0 Å². The fraction of sp³-hybridized carbons (Fsp3) is 0.545. The Bertz CT molecular complexity index is 384. The standard InChI is InChI=1S/C11H18N4S/c1-11(2,3)7-15(4)10-8(9(12)16)13-5-6-14-10/h5-6H,7H2,1-4H3,(H2,12,16). The second-order valence-corrected chi connectivity index (χ2v) is 5.45. The molecule has 0 unspecified atom stereocenters. The summed E-state index contributed by atoms with van der Waals surface area (Å²) in [6.07, 6.45) is 3.25. The highest BCUT2D eigenvalue weighted by Gasteiger charge is 2.18. The smallest absolute Gasteiger partial charge is 0.157 e. The molecule has 1 aromatic heterocycles. The largest absolute Gasteiger partial charge is 0.388 e. The third-order valence-corrected chi connectivity index (χ3v) is 2.18. The van der Waals surface area contributed by atoms with Crippen LogP contribution in [-0.2, 0) is 0 Å². The highest BCUT2D eigenvalue weighted by molar-refractivity contribution is 7.80. The van der Waals surface area contributed by atoms with Crippen molar-refractivity contribution in [3.63, 3.8) is 0 Å². The Kier molecular flexibility index (Phi) is 3.80. The Hall–Kier alpha value is -1.23. The minimum Gasteiger partial charge on any atom is -0.388 e. The van der Waals surface area contributed by atoms with Crippen molar-refractivity contribution in [3.8, 4) is 0 Å². The van der Waals surface area contributed by atoms with Crippen LogP contribution >= 0.6 is 12.2 Å². The molecule has 0 aliphatic heterocycles. The lowest BCUT2D eigenvalue weighted by molar-refractivity contribution is 0.417. The summed E-state index contributed by atoms with van der Waals surface area (Å²) in [4.78, 5) is 10.7. The second-order valence-electron chi connectivity index (χ2n) is 5.01. The average Bonchev–Trinajstić information content (AvgIpc) is 2.15. The van der Waals surface area contributed by atoms with Gasteiger partial charge in [-0.3, -0.25) is 0 Å². The quantitative estimate of drug-likeness (QED) is 0.811. The number of aromatic nitrogens is 2. The summed E-state index contributed by atoms with van der Waals surface area (Å²) in [6.45, 7) is 7.36. The van der Waals surface area contributed by atoms with Gasteiger partial charge in [-0.25, -0.2) is 9.97 Å². The zero-order chi connectivity index (χ0) is 12.3. The van der Waals surface area contributed by atoms with E-state index in [1.807, 2.05) is 11.9 Å². The molecule has 2 N–H and O–H groups in total. The van der Waals surface area contributed by atoms with Gasteiger partial charge in [-0.2, -0.15) is 0 Å². The van der Waals surface area contributed by atoms with Crippen molar-refractivity contribution in [2.75, 3.05) is 18.5 Å². The van der Waals surface area contributed by atoms with Crippen LogP contribution in [0.2, 0.25) is 0 Å². The lowest BCUT2D eigenvalue weighted by Gasteiger charge is -2.28. The van der Waals surface area contributed by atoms with Crippen molar-refractivity contribution in [1.29, 1.82) is 0 Å². The molecular weight excluding hydrogens is 220 g/mol. The van der Waals surface area contributed by atoms with E-state index in [9.17, 15) is 0 Å². The Morgan fingerprint density at radius 3 is 2.44 bits per heavy atom. The van der Waals surface area contributed by atoms with Crippen LogP contribution in [0.1, 0.15) is 26.5 Å². The van der Waals surface area contributed by atoms with Gasteiger partial charge in [0.25, 0.3) is 0 Å². The van der Waals surface area contributed by atoms with E-state index in [2.05, 4.69) is 30.7 Å². The summed E-state index contributed by atoms with van der Waals surface area (Å²) in [6, 6.07) is 0. The predicted octanol–water partition coefficient (Wildman–Crippen LogP) is 1.59. The molecular formula is C11H18N4S. The van der Waals surface area contributed by atoms with Crippen LogP contribution in [0.5, 0.6) is 0 Å². The molecule has 0 saturated carbocycles. The van der Waals surface area contributed by atoms with Gasteiger partial charge in [-0.15, -0.1) is 0 Å². The van der Waals surface area contributed by atoms with Crippen LogP contribution < -0.4 is 10.6 Å². The van der Waals surface area contributed by atoms with Crippen molar-refractivity contribution >= 4 is 23.0 Å².